The van der Waals surface area contributed by atoms with E-state index < -0.39 is 11.0 Å². The van der Waals surface area contributed by atoms with E-state index in [4.69, 9.17) is 4.74 Å². The Kier molecular flexibility index (Phi) is 9.61. The summed E-state index contributed by atoms with van der Waals surface area (Å²) in [7, 11) is 0. The molecule has 7 nitrogen and oxygen atoms in total. The average molecular weight is 383 g/mol. The first-order chi connectivity index (χ1) is 12.1. The number of hydrogen-bond acceptors (Lipinski definition) is 6. The van der Waals surface area contributed by atoms with Gasteiger partial charge in [0.05, 0.1) is 11.5 Å². The van der Waals surface area contributed by atoms with Gasteiger partial charge in [-0.1, -0.05) is 30.3 Å². The summed E-state index contributed by atoms with van der Waals surface area (Å²) in [4.78, 5) is 12.1. The molecule has 2 aromatic carbocycles. The molecule has 0 heterocycles. The maximum Gasteiger partial charge on any atom is 0.269 e. The summed E-state index contributed by atoms with van der Waals surface area (Å²) in [5.41, 5.74) is 1.09. The van der Waals surface area contributed by atoms with Crippen LogP contribution < -0.4 is 4.74 Å². The minimum Gasteiger partial charge on any atom is -0.491 e. The lowest BCUT2D eigenvalue weighted by Gasteiger charge is -2.24. The number of halogens is 1. The molecule has 2 rings (SSSR count). The third kappa shape index (κ3) is 7.37. The zero-order chi connectivity index (χ0) is 18.1. The fourth-order valence-electron chi connectivity index (χ4n) is 2.43. The van der Waals surface area contributed by atoms with Crippen molar-refractivity contribution in [2.75, 3.05) is 26.3 Å². The molecule has 1 atom stereocenters. The number of ether oxygens (including phenoxy) is 1. The van der Waals surface area contributed by atoms with Crippen molar-refractivity contribution in [1.29, 1.82) is 0 Å². The molecule has 0 radical (unpaired) electrons. The third-order valence-corrected chi connectivity index (χ3v) is 3.62. The topological polar surface area (TPSA) is 96.1 Å². The second kappa shape index (κ2) is 11.4. The van der Waals surface area contributed by atoms with E-state index in [9.17, 15) is 20.3 Å². The molecule has 0 saturated carbocycles. The second-order valence-electron chi connectivity index (χ2n) is 5.66. The molecule has 0 spiro atoms. The van der Waals surface area contributed by atoms with Gasteiger partial charge in [-0.05, 0) is 17.7 Å². The monoisotopic (exact) mass is 382 g/mol. The zero-order valence-electron chi connectivity index (χ0n) is 14.2. The molecule has 0 aliphatic carbocycles. The van der Waals surface area contributed by atoms with E-state index in [-0.39, 0.29) is 31.3 Å². The molecule has 2 aromatic rings. The van der Waals surface area contributed by atoms with Crippen LogP contribution in [0.3, 0.4) is 0 Å². The number of benzene rings is 2. The Hall–Kier alpha value is -2.19. The summed E-state index contributed by atoms with van der Waals surface area (Å²) >= 11 is 0. The van der Waals surface area contributed by atoms with Crippen LogP contribution in [0.15, 0.2) is 54.6 Å². The molecule has 0 aliphatic rings. The quantitative estimate of drug-likeness (QED) is 0.483. The van der Waals surface area contributed by atoms with Crippen LogP contribution in [0, 0.1) is 10.1 Å². The molecule has 142 valence electrons. The summed E-state index contributed by atoms with van der Waals surface area (Å²) in [6.07, 6.45) is -0.745. The number of rotatable bonds is 10. The van der Waals surface area contributed by atoms with Crippen LogP contribution in [0.4, 0.5) is 5.69 Å². The highest BCUT2D eigenvalue weighted by Crippen LogP contribution is 2.17. The SMILES string of the molecule is Cl.O=[N+]([O-])c1ccc(OCC(O)CN(CCO)Cc2ccccc2)cc1. The molecule has 0 fully saturated rings. The van der Waals surface area contributed by atoms with E-state index in [0.29, 0.717) is 25.4 Å². The van der Waals surface area contributed by atoms with Gasteiger partial charge in [-0.15, -0.1) is 12.4 Å². The lowest BCUT2D eigenvalue weighted by atomic mass is 10.2. The van der Waals surface area contributed by atoms with Gasteiger partial charge in [0.25, 0.3) is 5.69 Å². The zero-order valence-corrected chi connectivity index (χ0v) is 15.0. The van der Waals surface area contributed by atoms with Gasteiger partial charge in [0.15, 0.2) is 0 Å². The molecular formula is C18H23ClN2O5. The lowest BCUT2D eigenvalue weighted by molar-refractivity contribution is -0.384. The molecular weight excluding hydrogens is 360 g/mol. The van der Waals surface area contributed by atoms with Crippen LogP contribution in [0.1, 0.15) is 5.56 Å². The van der Waals surface area contributed by atoms with E-state index in [0.717, 1.165) is 5.56 Å². The Balaban J connectivity index is 0.00000338. The normalized spacial score (nSPS) is 11.7. The number of hydrogen-bond donors (Lipinski definition) is 2. The van der Waals surface area contributed by atoms with Gasteiger partial charge >= 0.3 is 0 Å². The average Bonchev–Trinajstić information content (AvgIpc) is 2.61. The van der Waals surface area contributed by atoms with Crippen molar-refractivity contribution >= 4 is 18.1 Å². The van der Waals surface area contributed by atoms with Crippen molar-refractivity contribution in [2.45, 2.75) is 12.6 Å². The molecule has 2 N–H and O–H groups in total. The summed E-state index contributed by atoms with van der Waals surface area (Å²) in [5.74, 6) is 0.460. The first-order valence-corrected chi connectivity index (χ1v) is 8.01. The largest absolute Gasteiger partial charge is 0.491 e. The Morgan fingerprint density at radius 1 is 1.12 bits per heavy atom. The molecule has 8 heteroatoms. The maximum atomic E-state index is 10.6. The van der Waals surface area contributed by atoms with Gasteiger partial charge in [-0.2, -0.15) is 0 Å². The van der Waals surface area contributed by atoms with Crippen LogP contribution in [-0.2, 0) is 6.54 Å². The second-order valence-corrected chi connectivity index (χ2v) is 5.66. The van der Waals surface area contributed by atoms with Crippen molar-refractivity contribution in [1.82, 2.24) is 4.90 Å². The van der Waals surface area contributed by atoms with Crippen molar-refractivity contribution in [3.63, 3.8) is 0 Å². The van der Waals surface area contributed by atoms with Crippen LogP contribution >= 0.6 is 12.4 Å². The standard InChI is InChI=1S/C18H22N2O5.ClH/c21-11-10-19(12-15-4-2-1-3-5-15)13-17(22)14-25-18-8-6-16(7-9-18)20(23)24;/h1-9,17,21-22H,10-14H2;1H. The van der Waals surface area contributed by atoms with Gasteiger partial charge in [0.2, 0.25) is 0 Å². The highest BCUT2D eigenvalue weighted by molar-refractivity contribution is 5.85. The highest BCUT2D eigenvalue weighted by Gasteiger charge is 2.13. The number of nitro benzene ring substituents is 1. The predicted molar refractivity (Wildman–Crippen MR) is 101 cm³/mol. The molecule has 26 heavy (non-hydrogen) atoms. The van der Waals surface area contributed by atoms with Gasteiger partial charge in [-0.25, -0.2) is 0 Å². The summed E-state index contributed by atoms with van der Waals surface area (Å²) in [6.45, 7) is 1.49. The highest BCUT2D eigenvalue weighted by atomic mass is 35.5. The molecule has 0 aromatic heterocycles. The van der Waals surface area contributed by atoms with Gasteiger partial charge in [0.1, 0.15) is 18.5 Å². The van der Waals surface area contributed by atoms with E-state index in [1.165, 1.54) is 24.3 Å². The van der Waals surface area contributed by atoms with E-state index in [2.05, 4.69) is 0 Å². The molecule has 0 amide bonds. The molecule has 1 unspecified atom stereocenters. The van der Waals surface area contributed by atoms with Crippen molar-refractivity contribution in [2.24, 2.45) is 0 Å². The van der Waals surface area contributed by atoms with Gasteiger partial charge < -0.3 is 14.9 Å². The predicted octanol–water partition coefficient (Wildman–Crippen LogP) is 2.25. The van der Waals surface area contributed by atoms with Gasteiger partial charge in [0, 0.05) is 31.8 Å². The molecule has 0 saturated heterocycles. The van der Waals surface area contributed by atoms with E-state index in [1.54, 1.807) is 0 Å². The Morgan fingerprint density at radius 2 is 1.77 bits per heavy atom. The minimum absolute atomic E-state index is 0. The van der Waals surface area contributed by atoms with Crippen molar-refractivity contribution in [3.05, 3.63) is 70.3 Å². The number of nitrogens with zero attached hydrogens (tertiary/aromatic N) is 2. The Labute approximate surface area is 158 Å². The number of nitro groups is 1. The number of aliphatic hydroxyl groups is 2. The van der Waals surface area contributed by atoms with Crippen molar-refractivity contribution < 1.29 is 19.9 Å². The van der Waals surface area contributed by atoms with Gasteiger partial charge in [-0.3, -0.25) is 15.0 Å². The summed E-state index contributed by atoms with van der Waals surface area (Å²) in [5, 5.41) is 30.0. The fourth-order valence-corrected chi connectivity index (χ4v) is 2.43. The Bertz CT molecular complexity index is 654. The Morgan fingerprint density at radius 3 is 2.35 bits per heavy atom. The van der Waals surface area contributed by atoms with Crippen LogP contribution in [0.25, 0.3) is 0 Å². The lowest BCUT2D eigenvalue weighted by Crippen LogP contribution is -2.37. The number of aliphatic hydroxyl groups excluding tert-OH is 2. The van der Waals surface area contributed by atoms with E-state index >= 15 is 0 Å². The third-order valence-electron chi connectivity index (χ3n) is 3.62. The smallest absolute Gasteiger partial charge is 0.269 e. The van der Waals surface area contributed by atoms with Crippen LogP contribution in [-0.4, -0.2) is 52.4 Å². The first-order valence-electron chi connectivity index (χ1n) is 8.01. The first kappa shape index (κ1) is 21.9. The maximum absolute atomic E-state index is 10.6. The van der Waals surface area contributed by atoms with E-state index in [1.807, 2.05) is 35.2 Å². The summed E-state index contributed by atoms with van der Waals surface area (Å²) < 4.78 is 5.47. The van der Waals surface area contributed by atoms with Crippen molar-refractivity contribution in [3.8, 4) is 5.75 Å². The number of non-ortho nitro benzene ring substituents is 1. The fraction of sp³-hybridized carbons (Fsp3) is 0.333. The van der Waals surface area contributed by atoms with Crippen LogP contribution in [0.5, 0.6) is 5.75 Å². The minimum atomic E-state index is -0.745. The summed E-state index contributed by atoms with van der Waals surface area (Å²) in [6, 6.07) is 15.5. The molecule has 0 aliphatic heterocycles. The van der Waals surface area contributed by atoms with Crippen LogP contribution in [0.2, 0.25) is 0 Å². The molecule has 0 bridgehead atoms.